The molecule has 106 valence electrons. The van der Waals surface area contributed by atoms with Gasteiger partial charge in [0.05, 0.1) is 18.6 Å². The van der Waals surface area contributed by atoms with Gasteiger partial charge in [-0.3, -0.25) is 4.79 Å². The van der Waals surface area contributed by atoms with E-state index in [1.165, 1.54) is 25.7 Å². The Morgan fingerprint density at radius 3 is 2.89 bits per heavy atom. The zero-order valence-corrected chi connectivity index (χ0v) is 11.3. The number of rotatable bonds is 2. The number of amides is 1. The van der Waals surface area contributed by atoms with E-state index < -0.39 is 0 Å². The van der Waals surface area contributed by atoms with Crippen molar-refractivity contribution in [1.82, 2.24) is 20.9 Å². The molecule has 2 fully saturated rings. The second-order valence-electron chi connectivity index (χ2n) is 5.56. The van der Waals surface area contributed by atoms with Crippen molar-refractivity contribution >= 4 is 11.9 Å². The van der Waals surface area contributed by atoms with Crippen LogP contribution in [0.1, 0.15) is 25.7 Å². The fourth-order valence-electron chi connectivity index (χ4n) is 3.09. The first-order chi connectivity index (χ1) is 9.33. The quantitative estimate of drug-likeness (QED) is 0.616. The maximum atomic E-state index is 12.0. The number of fused-ring (bicyclic) bond motifs is 1. The Morgan fingerprint density at radius 2 is 2.11 bits per heavy atom. The number of piperazine rings is 1. The van der Waals surface area contributed by atoms with Crippen LogP contribution >= 0.6 is 0 Å². The van der Waals surface area contributed by atoms with Crippen LogP contribution in [-0.4, -0.2) is 61.6 Å². The summed E-state index contributed by atoms with van der Waals surface area (Å²) >= 11 is 0. The maximum absolute atomic E-state index is 12.0. The van der Waals surface area contributed by atoms with Gasteiger partial charge in [0, 0.05) is 26.2 Å². The molecule has 0 spiro atoms. The predicted molar refractivity (Wildman–Crippen MR) is 74.1 cm³/mol. The van der Waals surface area contributed by atoms with Crippen molar-refractivity contribution in [3.05, 3.63) is 0 Å². The topological polar surface area (TPSA) is 68.8 Å². The second-order valence-corrected chi connectivity index (χ2v) is 5.56. The van der Waals surface area contributed by atoms with Crippen LogP contribution in [0.3, 0.4) is 0 Å². The number of guanidine groups is 1. The minimum atomic E-state index is 0.167. The summed E-state index contributed by atoms with van der Waals surface area (Å²) < 4.78 is 0. The lowest BCUT2D eigenvalue weighted by Crippen LogP contribution is -2.50. The zero-order valence-electron chi connectivity index (χ0n) is 11.3. The van der Waals surface area contributed by atoms with Crippen LogP contribution in [0.15, 0.2) is 4.99 Å². The van der Waals surface area contributed by atoms with Gasteiger partial charge in [-0.05, 0) is 12.8 Å². The number of hydrogen-bond acceptors (Lipinski definition) is 5. The largest absolute Gasteiger partial charge is 0.352 e. The van der Waals surface area contributed by atoms with Crippen LogP contribution in [0.5, 0.6) is 0 Å². The minimum absolute atomic E-state index is 0.167. The molecular formula is C13H23N5O. The summed E-state index contributed by atoms with van der Waals surface area (Å²) in [5, 5.41) is 9.82. The van der Waals surface area contributed by atoms with E-state index in [4.69, 9.17) is 0 Å². The molecule has 1 saturated carbocycles. The lowest BCUT2D eigenvalue weighted by Gasteiger charge is -2.27. The molecule has 0 bridgehead atoms. The highest BCUT2D eigenvalue weighted by molar-refractivity contribution is 5.87. The molecular weight excluding hydrogens is 242 g/mol. The van der Waals surface area contributed by atoms with Gasteiger partial charge in [-0.2, -0.15) is 0 Å². The highest BCUT2D eigenvalue weighted by atomic mass is 16.2. The van der Waals surface area contributed by atoms with Crippen molar-refractivity contribution in [3.8, 4) is 0 Å². The molecule has 0 radical (unpaired) electrons. The van der Waals surface area contributed by atoms with Gasteiger partial charge in [-0.1, -0.05) is 12.8 Å². The van der Waals surface area contributed by atoms with Crippen molar-refractivity contribution in [3.63, 3.8) is 0 Å². The van der Waals surface area contributed by atoms with Crippen molar-refractivity contribution in [1.29, 1.82) is 0 Å². The highest BCUT2D eigenvalue weighted by Crippen LogP contribution is 2.24. The van der Waals surface area contributed by atoms with E-state index in [9.17, 15) is 4.79 Å². The molecule has 1 amide bonds. The fourth-order valence-corrected chi connectivity index (χ4v) is 3.09. The van der Waals surface area contributed by atoms with E-state index in [0.29, 0.717) is 18.6 Å². The Morgan fingerprint density at radius 1 is 1.32 bits per heavy atom. The van der Waals surface area contributed by atoms with Gasteiger partial charge in [-0.15, -0.1) is 0 Å². The van der Waals surface area contributed by atoms with Crippen molar-refractivity contribution in [2.75, 3.05) is 32.7 Å². The first kappa shape index (κ1) is 12.7. The molecule has 0 aromatic heterocycles. The molecule has 2 heterocycles. The first-order valence-electron chi connectivity index (χ1n) is 7.39. The molecule has 0 unspecified atom stereocenters. The summed E-state index contributed by atoms with van der Waals surface area (Å²) in [6, 6.07) is 0.913. The summed E-state index contributed by atoms with van der Waals surface area (Å²) in [6.45, 7) is 3.77. The fraction of sp³-hybridized carbons (Fsp3) is 0.846. The van der Waals surface area contributed by atoms with Crippen LogP contribution in [0.25, 0.3) is 0 Å². The minimum Gasteiger partial charge on any atom is -0.352 e. The second kappa shape index (κ2) is 5.77. The third-order valence-electron chi connectivity index (χ3n) is 4.22. The Bertz CT molecular complexity index is 364. The normalized spacial score (nSPS) is 30.3. The van der Waals surface area contributed by atoms with Gasteiger partial charge in [0.1, 0.15) is 0 Å². The van der Waals surface area contributed by atoms with E-state index in [0.717, 1.165) is 32.1 Å². The molecule has 0 aromatic carbocycles. The Hall–Kier alpha value is -1.30. The van der Waals surface area contributed by atoms with Crippen LogP contribution in [-0.2, 0) is 4.79 Å². The Labute approximate surface area is 114 Å². The van der Waals surface area contributed by atoms with E-state index in [1.807, 2.05) is 4.90 Å². The molecule has 6 nitrogen and oxygen atoms in total. The summed E-state index contributed by atoms with van der Waals surface area (Å²) in [5.41, 5.74) is 0. The SMILES string of the molecule is O=C(CNC1=N[C@@H]2CCCC[C@@H]2N1)N1CCNCC1. The van der Waals surface area contributed by atoms with E-state index >= 15 is 0 Å². The lowest BCUT2D eigenvalue weighted by atomic mass is 9.92. The summed E-state index contributed by atoms with van der Waals surface area (Å²) in [5.74, 6) is 0.987. The van der Waals surface area contributed by atoms with E-state index in [2.05, 4.69) is 20.9 Å². The maximum Gasteiger partial charge on any atom is 0.242 e. The summed E-state index contributed by atoms with van der Waals surface area (Å²) in [7, 11) is 0. The van der Waals surface area contributed by atoms with Gasteiger partial charge < -0.3 is 20.9 Å². The third-order valence-corrected chi connectivity index (χ3v) is 4.22. The molecule has 6 heteroatoms. The molecule has 1 saturated heterocycles. The van der Waals surface area contributed by atoms with Crippen LogP contribution < -0.4 is 16.0 Å². The van der Waals surface area contributed by atoms with Crippen molar-refractivity contribution < 1.29 is 4.79 Å². The molecule has 2 atom stereocenters. The number of aliphatic imine (C=N–C) groups is 1. The Balaban J connectivity index is 1.45. The average Bonchev–Trinajstić information content (AvgIpc) is 2.88. The van der Waals surface area contributed by atoms with Gasteiger partial charge in [-0.25, -0.2) is 4.99 Å². The van der Waals surface area contributed by atoms with E-state index in [1.54, 1.807) is 0 Å². The van der Waals surface area contributed by atoms with Gasteiger partial charge in [0.15, 0.2) is 5.96 Å². The van der Waals surface area contributed by atoms with Gasteiger partial charge in [0.25, 0.3) is 0 Å². The monoisotopic (exact) mass is 265 g/mol. The molecule has 0 aromatic rings. The first-order valence-corrected chi connectivity index (χ1v) is 7.39. The number of carbonyl (C=O) groups excluding carboxylic acids is 1. The summed E-state index contributed by atoms with van der Waals surface area (Å²) in [6.07, 6.45) is 4.94. The number of hydrogen-bond donors (Lipinski definition) is 3. The smallest absolute Gasteiger partial charge is 0.242 e. The number of nitrogens with zero attached hydrogens (tertiary/aromatic N) is 2. The zero-order chi connectivity index (χ0) is 13.1. The number of nitrogens with one attached hydrogen (secondary N) is 3. The predicted octanol–water partition coefficient (Wildman–Crippen LogP) is -0.722. The van der Waals surface area contributed by atoms with Crippen LogP contribution in [0.4, 0.5) is 0 Å². The Kier molecular flexibility index (Phi) is 3.87. The molecule has 3 rings (SSSR count). The molecule has 3 aliphatic rings. The molecule has 19 heavy (non-hydrogen) atoms. The van der Waals surface area contributed by atoms with Gasteiger partial charge >= 0.3 is 0 Å². The van der Waals surface area contributed by atoms with E-state index in [-0.39, 0.29) is 5.91 Å². The standard InChI is InChI=1S/C13H23N5O/c19-12(18-7-5-14-6-8-18)9-15-13-16-10-3-1-2-4-11(10)17-13/h10-11,14H,1-9H2,(H2,15,16,17)/t10-,11+. The third kappa shape index (κ3) is 3.00. The lowest BCUT2D eigenvalue weighted by molar-refractivity contribution is -0.130. The average molecular weight is 265 g/mol. The van der Waals surface area contributed by atoms with Gasteiger partial charge in [0.2, 0.25) is 5.91 Å². The molecule has 2 aliphatic heterocycles. The number of carbonyl (C=O) groups is 1. The summed E-state index contributed by atoms with van der Waals surface area (Å²) in [4.78, 5) is 18.6. The molecule has 3 N–H and O–H groups in total. The highest BCUT2D eigenvalue weighted by Gasteiger charge is 2.30. The van der Waals surface area contributed by atoms with Crippen molar-refractivity contribution in [2.24, 2.45) is 4.99 Å². The van der Waals surface area contributed by atoms with Crippen LogP contribution in [0.2, 0.25) is 0 Å². The van der Waals surface area contributed by atoms with Crippen LogP contribution in [0, 0.1) is 0 Å². The molecule has 1 aliphatic carbocycles. The van der Waals surface area contributed by atoms with Crippen molar-refractivity contribution in [2.45, 2.75) is 37.8 Å².